The third-order valence-electron chi connectivity index (χ3n) is 4.34. The lowest BCUT2D eigenvalue weighted by Gasteiger charge is -2.34. The van der Waals surface area contributed by atoms with Crippen molar-refractivity contribution in [2.45, 2.75) is 6.92 Å². The Balaban J connectivity index is 1.43. The highest BCUT2D eigenvalue weighted by Gasteiger charge is 2.18. The molecule has 1 aliphatic heterocycles. The van der Waals surface area contributed by atoms with Crippen LogP contribution in [0.4, 0.5) is 0 Å². The van der Waals surface area contributed by atoms with Gasteiger partial charge in [0, 0.05) is 51.8 Å². The van der Waals surface area contributed by atoms with E-state index in [0.717, 1.165) is 38.4 Å². The van der Waals surface area contributed by atoms with Crippen molar-refractivity contribution in [3.8, 4) is 5.69 Å². The first-order valence-electron chi connectivity index (χ1n) is 8.34. The van der Waals surface area contributed by atoms with Crippen LogP contribution in [0, 0.1) is 0 Å². The predicted molar refractivity (Wildman–Crippen MR) is 92.4 cm³/mol. The van der Waals surface area contributed by atoms with Gasteiger partial charge < -0.3 is 10.2 Å². The minimum absolute atomic E-state index is 0.0903. The molecule has 2 heterocycles. The Morgan fingerprint density at radius 1 is 1.12 bits per heavy atom. The summed E-state index contributed by atoms with van der Waals surface area (Å²) in [6, 6.07) is 7.23. The number of rotatable bonds is 5. The monoisotopic (exact) mass is 342 g/mol. The first-order valence-corrected chi connectivity index (χ1v) is 8.34. The van der Waals surface area contributed by atoms with Crippen LogP contribution < -0.4 is 5.32 Å². The number of hydrogen-bond donors (Lipinski definition) is 1. The van der Waals surface area contributed by atoms with Gasteiger partial charge in [-0.15, -0.1) is 0 Å². The van der Waals surface area contributed by atoms with E-state index in [1.807, 2.05) is 17.0 Å². The van der Waals surface area contributed by atoms with Crippen molar-refractivity contribution in [2.75, 3.05) is 39.3 Å². The molecule has 8 heteroatoms. The lowest BCUT2D eigenvalue weighted by molar-refractivity contribution is -0.130. The molecule has 0 bridgehead atoms. The van der Waals surface area contributed by atoms with Crippen LogP contribution in [-0.2, 0) is 4.79 Å². The van der Waals surface area contributed by atoms with Crippen molar-refractivity contribution in [3.05, 3.63) is 42.5 Å². The molecule has 1 aromatic carbocycles. The molecule has 0 radical (unpaired) electrons. The summed E-state index contributed by atoms with van der Waals surface area (Å²) in [6.45, 7) is 6.19. The van der Waals surface area contributed by atoms with Crippen LogP contribution in [-0.4, -0.2) is 75.6 Å². The second-order valence-electron chi connectivity index (χ2n) is 5.99. The van der Waals surface area contributed by atoms with Crippen molar-refractivity contribution in [3.63, 3.8) is 0 Å². The maximum absolute atomic E-state index is 12.2. The van der Waals surface area contributed by atoms with Gasteiger partial charge in [0.1, 0.15) is 12.7 Å². The van der Waals surface area contributed by atoms with E-state index in [0.29, 0.717) is 12.1 Å². The summed E-state index contributed by atoms with van der Waals surface area (Å²) in [4.78, 5) is 31.5. The van der Waals surface area contributed by atoms with Crippen LogP contribution in [0.2, 0.25) is 0 Å². The van der Waals surface area contributed by atoms with Gasteiger partial charge in [0.2, 0.25) is 5.91 Å². The third kappa shape index (κ3) is 4.42. The summed E-state index contributed by atoms with van der Waals surface area (Å²) in [5.41, 5.74) is 1.47. The SMILES string of the molecule is CC(=O)N1CCN(CCNC(=O)c2ccc(-n3cncn3)cc2)CC1. The van der Waals surface area contributed by atoms with Crippen LogP contribution in [0.15, 0.2) is 36.9 Å². The molecule has 0 spiro atoms. The molecule has 132 valence electrons. The number of piperazine rings is 1. The van der Waals surface area contributed by atoms with E-state index in [1.54, 1.807) is 30.1 Å². The molecule has 0 unspecified atom stereocenters. The van der Waals surface area contributed by atoms with E-state index >= 15 is 0 Å². The minimum Gasteiger partial charge on any atom is -0.351 e. The standard InChI is InChI=1S/C17H22N6O2/c1-14(24)22-10-8-21(9-11-22)7-6-19-17(25)15-2-4-16(5-3-15)23-13-18-12-20-23/h2-5,12-13H,6-11H2,1H3,(H,19,25). The molecule has 8 nitrogen and oxygen atoms in total. The minimum atomic E-state index is -0.0903. The van der Waals surface area contributed by atoms with Gasteiger partial charge in [0.15, 0.2) is 0 Å². The maximum Gasteiger partial charge on any atom is 0.251 e. The van der Waals surface area contributed by atoms with Crippen molar-refractivity contribution >= 4 is 11.8 Å². The first-order chi connectivity index (χ1) is 12.1. The quantitative estimate of drug-likeness (QED) is 0.837. The Labute approximate surface area is 146 Å². The van der Waals surface area contributed by atoms with E-state index < -0.39 is 0 Å². The molecule has 1 aromatic heterocycles. The van der Waals surface area contributed by atoms with Gasteiger partial charge in [-0.2, -0.15) is 5.10 Å². The summed E-state index contributed by atoms with van der Waals surface area (Å²) in [5, 5.41) is 6.99. The average molecular weight is 342 g/mol. The number of benzene rings is 1. The number of nitrogens with zero attached hydrogens (tertiary/aromatic N) is 5. The largest absolute Gasteiger partial charge is 0.351 e. The Hall–Kier alpha value is -2.74. The van der Waals surface area contributed by atoms with Crippen LogP contribution in [0.5, 0.6) is 0 Å². The normalized spacial score (nSPS) is 15.2. The van der Waals surface area contributed by atoms with Crippen LogP contribution in [0.1, 0.15) is 17.3 Å². The molecule has 25 heavy (non-hydrogen) atoms. The molecule has 1 aliphatic rings. The average Bonchev–Trinajstić information content (AvgIpc) is 3.17. The fraction of sp³-hybridized carbons (Fsp3) is 0.412. The maximum atomic E-state index is 12.2. The molecule has 1 saturated heterocycles. The third-order valence-corrected chi connectivity index (χ3v) is 4.34. The summed E-state index contributed by atoms with van der Waals surface area (Å²) in [7, 11) is 0. The van der Waals surface area contributed by atoms with Gasteiger partial charge in [-0.25, -0.2) is 9.67 Å². The first kappa shape index (κ1) is 17.1. The van der Waals surface area contributed by atoms with Crippen LogP contribution in [0.25, 0.3) is 5.69 Å². The molecular formula is C17H22N6O2. The highest BCUT2D eigenvalue weighted by molar-refractivity contribution is 5.94. The van der Waals surface area contributed by atoms with Crippen LogP contribution >= 0.6 is 0 Å². The molecule has 0 atom stereocenters. The summed E-state index contributed by atoms with van der Waals surface area (Å²) < 4.78 is 1.64. The van der Waals surface area contributed by atoms with Crippen molar-refractivity contribution < 1.29 is 9.59 Å². The molecule has 0 aliphatic carbocycles. The van der Waals surface area contributed by atoms with Gasteiger partial charge in [-0.1, -0.05) is 0 Å². The van der Waals surface area contributed by atoms with E-state index in [-0.39, 0.29) is 11.8 Å². The summed E-state index contributed by atoms with van der Waals surface area (Å²) in [6.07, 6.45) is 3.08. The second kappa shape index (κ2) is 7.89. The summed E-state index contributed by atoms with van der Waals surface area (Å²) in [5.74, 6) is 0.0369. The van der Waals surface area contributed by atoms with Crippen molar-refractivity contribution in [2.24, 2.45) is 0 Å². The second-order valence-corrected chi connectivity index (χ2v) is 5.99. The number of carbonyl (C=O) groups is 2. The van der Waals surface area contributed by atoms with Gasteiger partial charge in [0.05, 0.1) is 5.69 Å². The predicted octanol–water partition coefficient (Wildman–Crippen LogP) is 0.161. The highest BCUT2D eigenvalue weighted by atomic mass is 16.2. The fourth-order valence-corrected chi connectivity index (χ4v) is 2.82. The van der Waals surface area contributed by atoms with E-state index in [1.165, 1.54) is 6.33 Å². The number of hydrogen-bond acceptors (Lipinski definition) is 5. The molecule has 0 saturated carbocycles. The number of nitrogens with one attached hydrogen (secondary N) is 1. The molecule has 2 aromatic rings. The van der Waals surface area contributed by atoms with Gasteiger partial charge in [-0.3, -0.25) is 14.5 Å². The lowest BCUT2D eigenvalue weighted by Crippen LogP contribution is -2.49. The Bertz CT molecular complexity index is 705. The summed E-state index contributed by atoms with van der Waals surface area (Å²) >= 11 is 0. The van der Waals surface area contributed by atoms with Crippen LogP contribution in [0.3, 0.4) is 0 Å². The lowest BCUT2D eigenvalue weighted by atomic mass is 10.2. The van der Waals surface area contributed by atoms with E-state index in [2.05, 4.69) is 20.3 Å². The fourth-order valence-electron chi connectivity index (χ4n) is 2.82. The zero-order chi connectivity index (χ0) is 17.6. The van der Waals surface area contributed by atoms with Crippen molar-refractivity contribution in [1.29, 1.82) is 0 Å². The number of carbonyl (C=O) groups excluding carboxylic acids is 2. The highest BCUT2D eigenvalue weighted by Crippen LogP contribution is 2.08. The Kier molecular flexibility index (Phi) is 5.39. The van der Waals surface area contributed by atoms with Gasteiger partial charge >= 0.3 is 0 Å². The Morgan fingerprint density at radius 2 is 1.84 bits per heavy atom. The number of aromatic nitrogens is 3. The molecular weight excluding hydrogens is 320 g/mol. The molecule has 1 fully saturated rings. The molecule has 3 rings (SSSR count). The number of amides is 2. The van der Waals surface area contributed by atoms with E-state index in [4.69, 9.17) is 0 Å². The van der Waals surface area contributed by atoms with Gasteiger partial charge in [-0.05, 0) is 24.3 Å². The molecule has 1 N–H and O–H groups in total. The zero-order valence-electron chi connectivity index (χ0n) is 14.3. The topological polar surface area (TPSA) is 83.4 Å². The smallest absolute Gasteiger partial charge is 0.251 e. The van der Waals surface area contributed by atoms with Gasteiger partial charge in [0.25, 0.3) is 5.91 Å². The molecule has 2 amide bonds. The Morgan fingerprint density at radius 3 is 2.44 bits per heavy atom. The van der Waals surface area contributed by atoms with Crippen molar-refractivity contribution in [1.82, 2.24) is 29.9 Å². The zero-order valence-corrected chi connectivity index (χ0v) is 14.3. The van der Waals surface area contributed by atoms with E-state index in [9.17, 15) is 9.59 Å².